The quantitative estimate of drug-likeness (QED) is 0.577. The fraction of sp³-hybridized carbons (Fsp3) is 0.273. The van der Waals surface area contributed by atoms with Crippen molar-refractivity contribution in [3.05, 3.63) is 59.7 Å². The Labute approximate surface area is 181 Å². The number of hydrogen-bond donors (Lipinski definition) is 1. The summed E-state index contributed by atoms with van der Waals surface area (Å²) in [5.41, 5.74) is 3.49. The number of fused-ring (bicyclic) bond motifs is 1. The zero-order chi connectivity index (χ0) is 22.1. The molecule has 158 valence electrons. The smallest absolute Gasteiger partial charge is 0.242 e. The van der Waals surface area contributed by atoms with Gasteiger partial charge in [-0.05, 0) is 62.7 Å². The summed E-state index contributed by atoms with van der Waals surface area (Å²) in [4.78, 5) is 17.4. The number of nitrogens with one attached hydrogen (secondary N) is 1. The molecule has 1 amide bonds. The number of aromatic nitrogens is 1. The Balaban J connectivity index is 1.81. The van der Waals surface area contributed by atoms with Crippen LogP contribution in [0.2, 0.25) is 0 Å². The highest BCUT2D eigenvalue weighted by molar-refractivity contribution is 8.00. The van der Waals surface area contributed by atoms with Gasteiger partial charge in [0.2, 0.25) is 15.9 Å². The molecule has 0 radical (unpaired) electrons. The average molecular weight is 444 g/mol. The minimum Gasteiger partial charge on any atom is -0.325 e. The Bertz CT molecular complexity index is 1190. The lowest BCUT2D eigenvalue weighted by molar-refractivity contribution is -0.115. The van der Waals surface area contributed by atoms with Crippen molar-refractivity contribution < 1.29 is 13.2 Å². The number of anilines is 1. The number of amides is 1. The standard InChI is InChI=1S/C22H25N3O3S2/c1-14-6-8-17(9-7-14)23-22(26)16(3)29-21-12-15(2)19-13-18(10-11-20(19)24-21)30(27,28)25(4)5/h6-13,16H,1-5H3,(H,23,26)/t16-/m1/s1. The van der Waals surface area contributed by atoms with Gasteiger partial charge < -0.3 is 5.32 Å². The lowest BCUT2D eigenvalue weighted by atomic mass is 10.1. The van der Waals surface area contributed by atoms with E-state index < -0.39 is 10.0 Å². The van der Waals surface area contributed by atoms with Crippen molar-refractivity contribution in [1.82, 2.24) is 9.29 Å². The largest absolute Gasteiger partial charge is 0.325 e. The maximum absolute atomic E-state index is 12.5. The second-order valence-electron chi connectivity index (χ2n) is 7.36. The fourth-order valence-electron chi connectivity index (χ4n) is 2.89. The molecule has 30 heavy (non-hydrogen) atoms. The molecule has 6 nitrogen and oxygen atoms in total. The Morgan fingerprint density at radius 2 is 1.73 bits per heavy atom. The molecular weight excluding hydrogens is 418 g/mol. The SMILES string of the molecule is Cc1ccc(NC(=O)[C@@H](C)Sc2cc(C)c3cc(S(=O)(=O)N(C)C)ccc3n2)cc1. The molecule has 0 spiro atoms. The summed E-state index contributed by atoms with van der Waals surface area (Å²) in [6.45, 7) is 5.75. The summed E-state index contributed by atoms with van der Waals surface area (Å²) in [5, 5.41) is 4.07. The molecule has 3 aromatic rings. The van der Waals surface area contributed by atoms with E-state index in [0.717, 1.165) is 27.2 Å². The van der Waals surface area contributed by atoms with E-state index in [-0.39, 0.29) is 16.1 Å². The van der Waals surface area contributed by atoms with Crippen molar-refractivity contribution in [3.8, 4) is 0 Å². The van der Waals surface area contributed by atoms with E-state index in [2.05, 4.69) is 10.3 Å². The van der Waals surface area contributed by atoms with Gasteiger partial charge in [-0.2, -0.15) is 0 Å². The minimum absolute atomic E-state index is 0.101. The van der Waals surface area contributed by atoms with Crippen LogP contribution in [0.4, 0.5) is 5.69 Å². The number of hydrogen-bond acceptors (Lipinski definition) is 5. The molecule has 0 fully saturated rings. The number of thioether (sulfide) groups is 1. The van der Waals surface area contributed by atoms with Gasteiger partial charge in [-0.3, -0.25) is 4.79 Å². The molecule has 0 unspecified atom stereocenters. The lowest BCUT2D eigenvalue weighted by Gasteiger charge is -2.14. The molecule has 0 aliphatic carbocycles. The van der Waals surface area contributed by atoms with Crippen LogP contribution in [0.3, 0.4) is 0 Å². The van der Waals surface area contributed by atoms with Crippen LogP contribution in [-0.4, -0.2) is 43.0 Å². The highest BCUT2D eigenvalue weighted by Crippen LogP contribution is 2.29. The van der Waals surface area contributed by atoms with Crippen LogP contribution in [0.25, 0.3) is 10.9 Å². The highest BCUT2D eigenvalue weighted by Gasteiger charge is 2.19. The molecular formula is C22H25N3O3S2. The van der Waals surface area contributed by atoms with Gasteiger partial charge in [0.1, 0.15) is 0 Å². The summed E-state index contributed by atoms with van der Waals surface area (Å²) in [6.07, 6.45) is 0. The first kappa shape index (κ1) is 22.3. The van der Waals surface area contributed by atoms with Gasteiger partial charge in [-0.25, -0.2) is 17.7 Å². The number of nitrogens with zero attached hydrogens (tertiary/aromatic N) is 2. The summed E-state index contributed by atoms with van der Waals surface area (Å²) in [5.74, 6) is -0.101. The average Bonchev–Trinajstić information content (AvgIpc) is 2.69. The number of carbonyl (C=O) groups excluding carboxylic acids is 1. The summed E-state index contributed by atoms with van der Waals surface area (Å²) < 4.78 is 26.0. The lowest BCUT2D eigenvalue weighted by Crippen LogP contribution is -2.22. The number of aryl methyl sites for hydroxylation is 2. The van der Waals surface area contributed by atoms with E-state index >= 15 is 0 Å². The number of rotatable bonds is 6. The minimum atomic E-state index is -3.51. The second kappa shape index (κ2) is 8.75. The van der Waals surface area contributed by atoms with Gasteiger partial charge in [0.15, 0.2) is 0 Å². The monoisotopic (exact) mass is 443 g/mol. The van der Waals surface area contributed by atoms with E-state index in [1.54, 1.807) is 18.2 Å². The van der Waals surface area contributed by atoms with E-state index in [9.17, 15) is 13.2 Å². The van der Waals surface area contributed by atoms with E-state index in [4.69, 9.17) is 0 Å². The van der Waals surface area contributed by atoms with Gasteiger partial charge >= 0.3 is 0 Å². The third kappa shape index (κ3) is 4.83. The molecule has 0 saturated heterocycles. The van der Waals surface area contributed by atoms with Crippen molar-refractivity contribution in [2.75, 3.05) is 19.4 Å². The molecule has 8 heteroatoms. The van der Waals surface area contributed by atoms with Crippen LogP contribution in [0.1, 0.15) is 18.1 Å². The highest BCUT2D eigenvalue weighted by atomic mass is 32.2. The second-order valence-corrected chi connectivity index (χ2v) is 10.9. The molecule has 1 N–H and O–H groups in total. The topological polar surface area (TPSA) is 79.4 Å². The number of pyridine rings is 1. The van der Waals surface area contributed by atoms with Crippen LogP contribution in [0.15, 0.2) is 58.5 Å². The first-order valence-electron chi connectivity index (χ1n) is 9.46. The third-order valence-electron chi connectivity index (χ3n) is 4.73. The van der Waals surface area contributed by atoms with Crippen molar-refractivity contribution >= 4 is 44.3 Å². The van der Waals surface area contributed by atoms with E-state index in [1.165, 1.54) is 30.2 Å². The molecule has 0 bridgehead atoms. The molecule has 1 heterocycles. The summed E-state index contributed by atoms with van der Waals surface area (Å²) in [6, 6.07) is 14.5. The molecule has 0 aliphatic heterocycles. The van der Waals surface area contributed by atoms with Crippen LogP contribution < -0.4 is 5.32 Å². The van der Waals surface area contributed by atoms with Crippen LogP contribution >= 0.6 is 11.8 Å². The zero-order valence-electron chi connectivity index (χ0n) is 17.6. The predicted molar refractivity (Wildman–Crippen MR) is 122 cm³/mol. The van der Waals surface area contributed by atoms with E-state index in [1.807, 2.05) is 51.1 Å². The summed E-state index contributed by atoms with van der Waals surface area (Å²) in [7, 11) is -0.496. The first-order chi connectivity index (χ1) is 14.1. The predicted octanol–water partition coefficient (Wildman–Crippen LogP) is 4.22. The Morgan fingerprint density at radius 3 is 2.37 bits per heavy atom. The number of benzene rings is 2. The molecule has 1 atom stereocenters. The third-order valence-corrected chi connectivity index (χ3v) is 7.56. The normalized spacial score (nSPS) is 12.9. The Kier molecular flexibility index (Phi) is 6.50. The van der Waals surface area contributed by atoms with Gasteiger partial charge in [-0.15, -0.1) is 0 Å². The van der Waals surface area contributed by atoms with Gasteiger partial charge in [0.25, 0.3) is 0 Å². The van der Waals surface area contributed by atoms with Crippen molar-refractivity contribution in [2.24, 2.45) is 0 Å². The van der Waals surface area contributed by atoms with E-state index in [0.29, 0.717) is 5.52 Å². The Hall–Kier alpha value is -2.42. The molecule has 3 rings (SSSR count). The van der Waals surface area contributed by atoms with Crippen molar-refractivity contribution in [2.45, 2.75) is 35.9 Å². The maximum Gasteiger partial charge on any atom is 0.242 e. The Morgan fingerprint density at radius 1 is 1.07 bits per heavy atom. The molecule has 0 saturated carbocycles. The van der Waals surface area contributed by atoms with Crippen LogP contribution in [0.5, 0.6) is 0 Å². The van der Waals surface area contributed by atoms with Gasteiger partial charge in [-0.1, -0.05) is 29.5 Å². The first-order valence-corrected chi connectivity index (χ1v) is 11.8. The molecule has 2 aromatic carbocycles. The van der Waals surface area contributed by atoms with Crippen molar-refractivity contribution in [1.29, 1.82) is 0 Å². The van der Waals surface area contributed by atoms with Crippen LogP contribution in [-0.2, 0) is 14.8 Å². The molecule has 0 aliphatic rings. The molecule has 1 aromatic heterocycles. The fourth-order valence-corrected chi connectivity index (χ4v) is 4.74. The maximum atomic E-state index is 12.5. The summed E-state index contributed by atoms with van der Waals surface area (Å²) >= 11 is 1.37. The number of carbonyl (C=O) groups is 1. The zero-order valence-corrected chi connectivity index (χ0v) is 19.3. The van der Waals surface area contributed by atoms with Gasteiger partial charge in [0.05, 0.1) is 20.7 Å². The van der Waals surface area contributed by atoms with Gasteiger partial charge in [0, 0.05) is 25.2 Å². The van der Waals surface area contributed by atoms with Crippen molar-refractivity contribution in [3.63, 3.8) is 0 Å². The van der Waals surface area contributed by atoms with Crippen LogP contribution in [0, 0.1) is 13.8 Å². The number of sulfonamides is 1.